The van der Waals surface area contributed by atoms with Crippen molar-refractivity contribution in [3.8, 4) is 0 Å². The highest BCUT2D eigenvalue weighted by Gasteiger charge is 2.24. The maximum absolute atomic E-state index is 11.9. The van der Waals surface area contributed by atoms with Crippen LogP contribution in [0.2, 0.25) is 0 Å². The molecule has 21 heavy (non-hydrogen) atoms. The Kier molecular flexibility index (Phi) is 7.14. The third kappa shape index (κ3) is 6.03. The van der Waals surface area contributed by atoms with Gasteiger partial charge >= 0.3 is 0 Å². The second kappa shape index (κ2) is 8.36. The number of rotatable bonds is 5. The zero-order chi connectivity index (χ0) is 14.4. The Morgan fingerprint density at radius 2 is 1.76 bits per heavy atom. The van der Waals surface area contributed by atoms with Crippen molar-refractivity contribution >= 4 is 28.2 Å². The zero-order valence-corrected chi connectivity index (χ0v) is 13.5. The molecule has 1 fully saturated rings. The molecule has 1 N–H and O–H groups in total. The molecule has 1 saturated heterocycles. The summed E-state index contributed by atoms with van der Waals surface area (Å²) >= 11 is 0. The lowest BCUT2D eigenvalue weighted by molar-refractivity contribution is -0.129. The molecule has 2 rings (SSSR count). The molecular formula is C14H21ClN2O3S. The number of carbonyl (C=O) groups is 1. The molecule has 1 aliphatic rings. The van der Waals surface area contributed by atoms with Gasteiger partial charge in [-0.05, 0) is 18.5 Å². The number of halogens is 1. The Bertz CT molecular complexity index is 535. The third-order valence-electron chi connectivity index (χ3n) is 3.41. The first-order valence-electron chi connectivity index (χ1n) is 6.80. The van der Waals surface area contributed by atoms with Gasteiger partial charge in [-0.3, -0.25) is 4.79 Å². The maximum atomic E-state index is 11.9. The fraction of sp³-hybridized carbons (Fsp3) is 0.500. The standard InChI is InChI=1S/C14H20N2O3S.ClH/c17-14(16-8-10-20(18,19)11-9-16)12-15-7-6-13-4-2-1-3-5-13;/h1-5,15H,6-12H2;1H. The van der Waals surface area contributed by atoms with Gasteiger partial charge in [-0.1, -0.05) is 30.3 Å². The van der Waals surface area contributed by atoms with Crippen LogP contribution in [0, 0.1) is 0 Å². The summed E-state index contributed by atoms with van der Waals surface area (Å²) in [7, 11) is -2.92. The molecule has 1 aromatic carbocycles. The van der Waals surface area contributed by atoms with Crippen LogP contribution in [0.1, 0.15) is 5.56 Å². The molecule has 0 saturated carbocycles. The number of benzene rings is 1. The molecule has 0 atom stereocenters. The second-order valence-corrected chi connectivity index (χ2v) is 7.25. The fourth-order valence-corrected chi connectivity index (χ4v) is 3.35. The number of hydrogen-bond donors (Lipinski definition) is 1. The molecular weight excluding hydrogens is 312 g/mol. The van der Waals surface area contributed by atoms with E-state index in [0.29, 0.717) is 13.1 Å². The SMILES string of the molecule is Cl.O=C(CNCCc1ccccc1)N1CCS(=O)(=O)CC1. The lowest BCUT2D eigenvalue weighted by Crippen LogP contribution is -2.47. The van der Waals surface area contributed by atoms with Crippen LogP contribution in [0.15, 0.2) is 30.3 Å². The molecule has 118 valence electrons. The minimum atomic E-state index is -2.92. The second-order valence-electron chi connectivity index (χ2n) is 4.94. The summed E-state index contributed by atoms with van der Waals surface area (Å²) in [5.74, 6) is 0.152. The van der Waals surface area contributed by atoms with Gasteiger partial charge in [-0.15, -0.1) is 12.4 Å². The highest BCUT2D eigenvalue weighted by molar-refractivity contribution is 7.91. The summed E-state index contributed by atoms with van der Waals surface area (Å²) in [6.45, 7) is 1.65. The van der Waals surface area contributed by atoms with Crippen molar-refractivity contribution in [2.75, 3.05) is 37.7 Å². The molecule has 0 aliphatic carbocycles. The van der Waals surface area contributed by atoms with Crippen molar-refractivity contribution in [2.45, 2.75) is 6.42 Å². The molecule has 0 aromatic heterocycles. The molecule has 5 nitrogen and oxygen atoms in total. The Balaban J connectivity index is 0.00000220. The van der Waals surface area contributed by atoms with Gasteiger partial charge in [0.1, 0.15) is 0 Å². The molecule has 1 heterocycles. The van der Waals surface area contributed by atoms with Crippen LogP contribution in [-0.4, -0.2) is 56.9 Å². The molecule has 1 aromatic rings. The van der Waals surface area contributed by atoms with Gasteiger partial charge in [0.2, 0.25) is 5.91 Å². The monoisotopic (exact) mass is 332 g/mol. The summed E-state index contributed by atoms with van der Waals surface area (Å²) in [5, 5.41) is 3.11. The molecule has 1 aliphatic heterocycles. The van der Waals surface area contributed by atoms with Gasteiger partial charge < -0.3 is 10.2 Å². The van der Waals surface area contributed by atoms with Gasteiger partial charge in [0.25, 0.3) is 0 Å². The first-order chi connectivity index (χ1) is 9.57. The van der Waals surface area contributed by atoms with Crippen molar-refractivity contribution in [1.82, 2.24) is 10.2 Å². The average Bonchev–Trinajstić information content (AvgIpc) is 2.44. The number of hydrogen-bond acceptors (Lipinski definition) is 4. The van der Waals surface area contributed by atoms with Crippen LogP contribution in [0.25, 0.3) is 0 Å². The first kappa shape index (κ1) is 17.9. The molecule has 1 amide bonds. The van der Waals surface area contributed by atoms with E-state index in [0.717, 1.165) is 13.0 Å². The van der Waals surface area contributed by atoms with Crippen molar-refractivity contribution < 1.29 is 13.2 Å². The normalized spacial score (nSPS) is 17.0. The summed E-state index contributed by atoms with van der Waals surface area (Å²) in [5.41, 5.74) is 1.23. The van der Waals surface area contributed by atoms with E-state index in [1.54, 1.807) is 4.90 Å². The highest BCUT2D eigenvalue weighted by Crippen LogP contribution is 2.03. The Hall–Kier alpha value is -1.11. The Morgan fingerprint density at radius 1 is 1.14 bits per heavy atom. The number of amides is 1. The summed E-state index contributed by atoms with van der Waals surface area (Å²) < 4.78 is 22.6. The first-order valence-corrected chi connectivity index (χ1v) is 8.62. The van der Waals surface area contributed by atoms with E-state index in [1.165, 1.54) is 5.56 Å². The Labute approximate surface area is 132 Å². The molecule has 7 heteroatoms. The maximum Gasteiger partial charge on any atom is 0.236 e. The van der Waals surface area contributed by atoms with Crippen molar-refractivity contribution in [2.24, 2.45) is 0 Å². The smallest absolute Gasteiger partial charge is 0.236 e. The van der Waals surface area contributed by atoms with E-state index in [9.17, 15) is 13.2 Å². The summed E-state index contributed by atoms with van der Waals surface area (Å²) in [6, 6.07) is 10.1. The minimum Gasteiger partial charge on any atom is -0.340 e. The van der Waals surface area contributed by atoms with Gasteiger partial charge in [-0.25, -0.2) is 8.42 Å². The lowest BCUT2D eigenvalue weighted by atomic mass is 10.1. The number of carbonyl (C=O) groups excluding carboxylic acids is 1. The molecule has 0 spiro atoms. The number of nitrogens with one attached hydrogen (secondary N) is 1. The van der Waals surface area contributed by atoms with E-state index in [-0.39, 0.29) is 36.4 Å². The van der Waals surface area contributed by atoms with Gasteiger partial charge in [0, 0.05) is 13.1 Å². The average molecular weight is 333 g/mol. The van der Waals surface area contributed by atoms with Crippen molar-refractivity contribution in [3.05, 3.63) is 35.9 Å². The minimum absolute atomic E-state index is 0. The van der Waals surface area contributed by atoms with Gasteiger partial charge in [0.05, 0.1) is 18.1 Å². The molecule has 0 radical (unpaired) electrons. The molecule has 0 bridgehead atoms. The van der Waals surface area contributed by atoms with E-state index >= 15 is 0 Å². The third-order valence-corrected chi connectivity index (χ3v) is 5.02. The molecule has 0 unspecified atom stereocenters. The van der Waals surface area contributed by atoms with E-state index in [4.69, 9.17) is 0 Å². The topological polar surface area (TPSA) is 66.5 Å². The largest absolute Gasteiger partial charge is 0.340 e. The number of sulfone groups is 1. The van der Waals surface area contributed by atoms with E-state index < -0.39 is 9.84 Å². The van der Waals surface area contributed by atoms with Crippen LogP contribution in [0.3, 0.4) is 0 Å². The van der Waals surface area contributed by atoms with Crippen molar-refractivity contribution in [1.29, 1.82) is 0 Å². The highest BCUT2D eigenvalue weighted by atomic mass is 35.5. The number of nitrogens with zero attached hydrogens (tertiary/aromatic N) is 1. The van der Waals surface area contributed by atoms with Crippen LogP contribution in [0.5, 0.6) is 0 Å². The predicted octanol–water partition coefficient (Wildman–Crippen LogP) is 0.497. The predicted molar refractivity (Wildman–Crippen MR) is 85.5 cm³/mol. The zero-order valence-electron chi connectivity index (χ0n) is 11.8. The fourth-order valence-electron chi connectivity index (χ4n) is 2.15. The van der Waals surface area contributed by atoms with E-state index in [2.05, 4.69) is 17.4 Å². The van der Waals surface area contributed by atoms with Crippen LogP contribution < -0.4 is 5.32 Å². The van der Waals surface area contributed by atoms with Gasteiger partial charge in [0.15, 0.2) is 9.84 Å². The van der Waals surface area contributed by atoms with Gasteiger partial charge in [-0.2, -0.15) is 0 Å². The van der Waals surface area contributed by atoms with Crippen LogP contribution in [-0.2, 0) is 21.1 Å². The lowest BCUT2D eigenvalue weighted by Gasteiger charge is -2.26. The quantitative estimate of drug-likeness (QED) is 0.797. The van der Waals surface area contributed by atoms with Crippen molar-refractivity contribution in [3.63, 3.8) is 0 Å². The summed E-state index contributed by atoms with van der Waals surface area (Å²) in [6.07, 6.45) is 0.877. The van der Waals surface area contributed by atoms with Crippen LogP contribution in [0.4, 0.5) is 0 Å². The van der Waals surface area contributed by atoms with E-state index in [1.807, 2.05) is 18.2 Å². The summed E-state index contributed by atoms with van der Waals surface area (Å²) in [4.78, 5) is 13.5. The van der Waals surface area contributed by atoms with Crippen LogP contribution >= 0.6 is 12.4 Å². The Morgan fingerprint density at radius 3 is 2.38 bits per heavy atom.